The van der Waals surface area contributed by atoms with Crippen molar-refractivity contribution in [3.63, 3.8) is 0 Å². The first kappa shape index (κ1) is 19.9. The van der Waals surface area contributed by atoms with Crippen molar-refractivity contribution < 1.29 is 22.4 Å². The summed E-state index contributed by atoms with van der Waals surface area (Å²) in [6, 6.07) is 3.34. The summed E-state index contributed by atoms with van der Waals surface area (Å²) in [5.41, 5.74) is 1.68. The molecule has 29 heavy (non-hydrogen) atoms. The van der Waals surface area contributed by atoms with Crippen LogP contribution in [0.1, 0.15) is 43.4 Å². The van der Waals surface area contributed by atoms with Gasteiger partial charge in [-0.2, -0.15) is 0 Å². The molecule has 1 aromatic heterocycles. The number of aryl methyl sites for hydroxylation is 2. The lowest BCUT2D eigenvalue weighted by Gasteiger charge is -2.32. The topological polar surface area (TPSA) is 103 Å². The highest BCUT2D eigenvalue weighted by Gasteiger charge is 2.30. The number of sulfone groups is 1. The molecular formula is C21H25NO6S. The number of amides is 1. The summed E-state index contributed by atoms with van der Waals surface area (Å²) in [6.45, 7) is 5.86. The zero-order valence-electron chi connectivity index (χ0n) is 16.8. The Balaban J connectivity index is 1.62. The molecule has 2 aliphatic rings. The number of carbonyl (C=O) groups is 1. The largest absolute Gasteiger partial charge is 0.487 e. The molecule has 0 bridgehead atoms. The van der Waals surface area contributed by atoms with Gasteiger partial charge >= 0.3 is 5.63 Å². The molecule has 2 aromatic rings. The summed E-state index contributed by atoms with van der Waals surface area (Å²) < 4.78 is 34.7. The number of benzene rings is 1. The van der Waals surface area contributed by atoms with Gasteiger partial charge in [0, 0.05) is 17.5 Å². The van der Waals surface area contributed by atoms with Crippen LogP contribution < -0.4 is 15.7 Å². The third kappa shape index (κ3) is 4.03. The summed E-state index contributed by atoms with van der Waals surface area (Å²) in [5, 5.41) is 3.52. The van der Waals surface area contributed by atoms with E-state index in [0.717, 1.165) is 29.5 Å². The van der Waals surface area contributed by atoms with E-state index < -0.39 is 21.5 Å². The maximum Gasteiger partial charge on any atom is 0.340 e. The fourth-order valence-electron chi connectivity index (χ4n) is 4.09. The monoisotopic (exact) mass is 419 g/mol. The molecule has 3 heterocycles. The SMILES string of the molecule is Cc1c(CC(=O)N[C@@H]2CCS(=O)(=O)C2)c(=O)oc2cc3c(cc12)CCC(C)(C)O3. The quantitative estimate of drug-likeness (QED) is 0.764. The Morgan fingerprint density at radius 2 is 2.07 bits per heavy atom. The van der Waals surface area contributed by atoms with Gasteiger partial charge in [-0.05, 0) is 57.2 Å². The number of rotatable bonds is 3. The Bertz CT molecular complexity index is 1160. The fourth-order valence-corrected chi connectivity index (χ4v) is 5.76. The van der Waals surface area contributed by atoms with E-state index in [1.165, 1.54) is 0 Å². The number of fused-ring (bicyclic) bond motifs is 2. The number of ether oxygens (including phenoxy) is 1. The summed E-state index contributed by atoms with van der Waals surface area (Å²) in [6.07, 6.45) is 2.02. The molecule has 2 aliphatic heterocycles. The van der Waals surface area contributed by atoms with Crippen LogP contribution in [0.2, 0.25) is 0 Å². The van der Waals surface area contributed by atoms with E-state index in [9.17, 15) is 18.0 Å². The lowest BCUT2D eigenvalue weighted by atomic mass is 9.92. The predicted molar refractivity (Wildman–Crippen MR) is 109 cm³/mol. The highest BCUT2D eigenvalue weighted by Crippen LogP contribution is 2.36. The Labute approximate surface area is 169 Å². The molecule has 1 aromatic carbocycles. The van der Waals surface area contributed by atoms with Crippen molar-refractivity contribution in [3.05, 3.63) is 39.2 Å². The molecule has 4 rings (SSSR count). The lowest BCUT2D eigenvalue weighted by Crippen LogP contribution is -2.37. The van der Waals surface area contributed by atoms with Crippen molar-refractivity contribution in [2.45, 2.75) is 58.1 Å². The Hall–Kier alpha value is -2.35. The minimum atomic E-state index is -3.08. The van der Waals surface area contributed by atoms with Crippen LogP contribution in [0.25, 0.3) is 11.0 Å². The highest BCUT2D eigenvalue weighted by molar-refractivity contribution is 7.91. The number of carbonyl (C=O) groups excluding carboxylic acids is 1. The second-order valence-corrected chi connectivity index (χ2v) is 10.9. The first-order chi connectivity index (χ1) is 13.5. The normalized spacial score (nSPS) is 22.1. The average Bonchev–Trinajstić information content (AvgIpc) is 2.95. The zero-order chi connectivity index (χ0) is 21.0. The van der Waals surface area contributed by atoms with Crippen molar-refractivity contribution in [1.29, 1.82) is 0 Å². The maximum atomic E-state index is 12.5. The zero-order valence-corrected chi connectivity index (χ0v) is 17.6. The first-order valence-electron chi connectivity index (χ1n) is 9.81. The van der Waals surface area contributed by atoms with Crippen molar-refractivity contribution in [2.75, 3.05) is 11.5 Å². The van der Waals surface area contributed by atoms with Gasteiger partial charge < -0.3 is 14.5 Å². The molecule has 0 aliphatic carbocycles. The molecule has 1 atom stereocenters. The summed E-state index contributed by atoms with van der Waals surface area (Å²) in [5.74, 6) is 0.389. The summed E-state index contributed by atoms with van der Waals surface area (Å²) in [7, 11) is -3.08. The van der Waals surface area contributed by atoms with Gasteiger partial charge in [0.15, 0.2) is 9.84 Å². The minimum absolute atomic E-state index is 0.0491. The molecule has 1 amide bonds. The van der Waals surface area contributed by atoms with Crippen molar-refractivity contribution in [2.24, 2.45) is 0 Å². The first-order valence-corrected chi connectivity index (χ1v) is 11.6. The van der Waals surface area contributed by atoms with Gasteiger partial charge in [-0.25, -0.2) is 13.2 Å². The summed E-state index contributed by atoms with van der Waals surface area (Å²) >= 11 is 0. The standard InChI is InChI=1S/C21H25NO6S/c1-12-15-8-13-4-6-21(2,3)28-17(13)10-18(15)27-20(24)16(12)9-19(23)22-14-5-7-29(25,26)11-14/h8,10,14H,4-7,9,11H2,1-3H3,(H,22,23)/t14-/m1/s1. The highest BCUT2D eigenvalue weighted by atomic mass is 32.2. The van der Waals surface area contributed by atoms with E-state index in [1.54, 1.807) is 6.07 Å². The van der Waals surface area contributed by atoms with Crippen molar-refractivity contribution >= 4 is 26.7 Å². The molecule has 156 valence electrons. The number of hydrogen-bond donors (Lipinski definition) is 1. The van der Waals surface area contributed by atoms with Crippen LogP contribution in [-0.4, -0.2) is 37.5 Å². The smallest absolute Gasteiger partial charge is 0.340 e. The van der Waals surface area contributed by atoms with Crippen LogP contribution in [0, 0.1) is 6.92 Å². The van der Waals surface area contributed by atoms with Gasteiger partial charge in [0.2, 0.25) is 5.91 Å². The van der Waals surface area contributed by atoms with Crippen LogP contribution in [0.15, 0.2) is 21.3 Å². The van der Waals surface area contributed by atoms with Gasteiger partial charge in [0.05, 0.1) is 23.5 Å². The third-order valence-electron chi connectivity index (χ3n) is 5.79. The Morgan fingerprint density at radius 1 is 1.31 bits per heavy atom. The molecule has 1 saturated heterocycles. The molecule has 0 spiro atoms. The fraction of sp³-hybridized carbons (Fsp3) is 0.524. The van der Waals surface area contributed by atoms with Gasteiger partial charge in [0.1, 0.15) is 16.9 Å². The van der Waals surface area contributed by atoms with Crippen LogP contribution >= 0.6 is 0 Å². The lowest BCUT2D eigenvalue weighted by molar-refractivity contribution is -0.121. The third-order valence-corrected chi connectivity index (χ3v) is 7.55. The molecule has 1 fully saturated rings. The Morgan fingerprint density at radius 3 is 2.76 bits per heavy atom. The maximum absolute atomic E-state index is 12.5. The number of hydrogen-bond acceptors (Lipinski definition) is 6. The van der Waals surface area contributed by atoms with Crippen LogP contribution in [-0.2, 0) is 27.5 Å². The molecule has 0 unspecified atom stereocenters. The van der Waals surface area contributed by atoms with E-state index in [0.29, 0.717) is 23.1 Å². The van der Waals surface area contributed by atoms with E-state index in [1.807, 2.05) is 26.8 Å². The molecule has 8 heteroatoms. The van der Waals surface area contributed by atoms with Gasteiger partial charge in [-0.1, -0.05) is 0 Å². The van der Waals surface area contributed by atoms with Crippen LogP contribution in [0.3, 0.4) is 0 Å². The summed E-state index contributed by atoms with van der Waals surface area (Å²) in [4.78, 5) is 25.0. The molecular weight excluding hydrogens is 394 g/mol. The van der Waals surface area contributed by atoms with Crippen LogP contribution in [0.4, 0.5) is 0 Å². The van der Waals surface area contributed by atoms with E-state index in [2.05, 4.69) is 5.32 Å². The van der Waals surface area contributed by atoms with Crippen molar-refractivity contribution in [1.82, 2.24) is 5.32 Å². The van der Waals surface area contributed by atoms with E-state index in [-0.39, 0.29) is 29.4 Å². The predicted octanol–water partition coefficient (Wildman–Crippen LogP) is 2.05. The second-order valence-electron chi connectivity index (χ2n) is 8.66. The van der Waals surface area contributed by atoms with E-state index >= 15 is 0 Å². The van der Waals surface area contributed by atoms with Gasteiger partial charge in [0.25, 0.3) is 0 Å². The van der Waals surface area contributed by atoms with Gasteiger partial charge in [-0.3, -0.25) is 4.79 Å². The molecule has 0 saturated carbocycles. The van der Waals surface area contributed by atoms with E-state index in [4.69, 9.17) is 9.15 Å². The molecule has 7 nitrogen and oxygen atoms in total. The van der Waals surface area contributed by atoms with Crippen molar-refractivity contribution in [3.8, 4) is 5.75 Å². The molecule has 0 radical (unpaired) electrons. The Kier molecular flexibility index (Phi) is 4.72. The van der Waals surface area contributed by atoms with Gasteiger partial charge in [-0.15, -0.1) is 0 Å². The number of nitrogens with one attached hydrogen (secondary N) is 1. The van der Waals surface area contributed by atoms with Crippen LogP contribution in [0.5, 0.6) is 5.75 Å². The minimum Gasteiger partial charge on any atom is -0.487 e. The second kappa shape index (κ2) is 6.86. The molecule has 1 N–H and O–H groups in total. The average molecular weight is 419 g/mol.